The number of hydrogen-bond donors (Lipinski definition) is 3. The largest absolute Gasteiger partial charge is 0.479 e. The van der Waals surface area contributed by atoms with Crippen molar-refractivity contribution in [2.75, 3.05) is 6.54 Å². The minimum Gasteiger partial charge on any atom is -0.479 e. The number of carboxylic acid groups (broad SMARTS) is 1. The molecule has 0 spiro atoms. The third-order valence-electron chi connectivity index (χ3n) is 6.38. The Morgan fingerprint density at radius 1 is 1.27 bits per heavy atom. The number of carbonyl (C=O) groups is 4. The molecule has 5 atom stereocenters. The Hall–Kier alpha value is -2.52. The Balaban J connectivity index is 1.83. The third kappa shape index (κ3) is 6.09. The highest BCUT2D eigenvalue weighted by Crippen LogP contribution is 2.45. The van der Waals surface area contributed by atoms with Crippen LogP contribution < -0.4 is 10.6 Å². The monoisotopic (exact) mass is 459 g/mol. The second-order valence-electron chi connectivity index (χ2n) is 10.3. The Morgan fingerprint density at radius 3 is 2.67 bits per heavy atom. The van der Waals surface area contributed by atoms with Crippen molar-refractivity contribution in [2.45, 2.75) is 94.8 Å². The molecule has 3 rings (SSSR count). The number of aliphatic carboxylic acids is 1. The molecule has 1 aliphatic carbocycles. The molecule has 3 aliphatic rings. The summed E-state index contributed by atoms with van der Waals surface area (Å²) in [6.07, 6.45) is 7.29. The summed E-state index contributed by atoms with van der Waals surface area (Å²) in [6, 6.07) is -1.75. The van der Waals surface area contributed by atoms with Gasteiger partial charge in [0, 0.05) is 12.5 Å². The summed E-state index contributed by atoms with van der Waals surface area (Å²) in [4.78, 5) is 52.3. The number of carbonyl (C=O) groups excluding carboxylic acids is 3. The molecule has 1 saturated carbocycles. The lowest BCUT2D eigenvalue weighted by atomic mass is 9.85. The summed E-state index contributed by atoms with van der Waals surface area (Å²) in [6.45, 7) is 5.37. The zero-order valence-corrected chi connectivity index (χ0v) is 19.6. The highest BCUT2D eigenvalue weighted by atomic mass is 16.6. The lowest BCUT2D eigenvalue weighted by Crippen LogP contribution is -2.56. The first-order chi connectivity index (χ1) is 15.4. The van der Waals surface area contributed by atoms with E-state index in [2.05, 4.69) is 10.6 Å². The smallest absolute Gasteiger partial charge is 0.408 e. The zero-order chi connectivity index (χ0) is 24.4. The van der Waals surface area contributed by atoms with Crippen molar-refractivity contribution in [1.82, 2.24) is 15.5 Å². The molecule has 2 heterocycles. The first-order valence-corrected chi connectivity index (χ1v) is 11.7. The van der Waals surface area contributed by atoms with Crippen LogP contribution in [0.4, 0.5) is 4.79 Å². The van der Waals surface area contributed by atoms with Crippen LogP contribution in [0.25, 0.3) is 0 Å². The molecule has 9 nitrogen and oxygen atoms in total. The molecule has 0 aromatic rings. The van der Waals surface area contributed by atoms with Crippen molar-refractivity contribution in [1.29, 1.82) is 0 Å². The highest BCUT2D eigenvalue weighted by Gasteiger charge is 2.61. The number of hydrogen-bond acceptors (Lipinski definition) is 5. The number of alkyl carbamates (subject to hydrolysis) is 1. The fourth-order valence-corrected chi connectivity index (χ4v) is 4.58. The maximum atomic E-state index is 13.5. The van der Waals surface area contributed by atoms with E-state index in [9.17, 15) is 24.3 Å². The molecule has 0 unspecified atom stereocenters. The van der Waals surface area contributed by atoms with Gasteiger partial charge in [0.1, 0.15) is 23.2 Å². The predicted octanol–water partition coefficient (Wildman–Crippen LogP) is 1.92. The quantitative estimate of drug-likeness (QED) is 0.428. The molecule has 1 saturated heterocycles. The summed E-state index contributed by atoms with van der Waals surface area (Å²) in [5.74, 6) is -2.70. The SMILES string of the molecule is [B][C@@H]1C[C@H]2C(=O)N[C@]3(C(=O)O)C[C@H]3C=CCCCCC[C@H](NC(=O)OC(C)(C)C)C(=O)N2C1. The van der Waals surface area contributed by atoms with E-state index in [0.29, 0.717) is 19.3 Å². The summed E-state index contributed by atoms with van der Waals surface area (Å²) in [7, 11) is 6.09. The van der Waals surface area contributed by atoms with Crippen LogP contribution in [0, 0.1) is 5.92 Å². The number of allylic oxidation sites excluding steroid dienone is 1. The minimum atomic E-state index is -1.34. The van der Waals surface area contributed by atoms with Gasteiger partial charge in [0.05, 0.1) is 7.85 Å². The van der Waals surface area contributed by atoms with E-state index in [-0.39, 0.29) is 18.9 Å². The molecule has 33 heavy (non-hydrogen) atoms. The molecule has 2 radical (unpaired) electrons. The van der Waals surface area contributed by atoms with Crippen LogP contribution in [-0.4, -0.2) is 71.5 Å². The van der Waals surface area contributed by atoms with E-state index >= 15 is 0 Å². The standard InChI is InChI=1S/C23H34BN3O6/c1-22(2,3)33-21(32)25-16-10-8-6-4-5-7-9-14-12-23(14,20(30)31)26-18(28)17-11-15(24)13-27(17)19(16)29/h7,9,14-17H,4-6,8,10-13H2,1-3H3,(H,25,32)(H,26,28)(H,30,31)/t14-,15-,16+,17+,23-/m1/s1. The molecule has 10 heteroatoms. The normalized spacial score (nSPS) is 33.1. The van der Waals surface area contributed by atoms with Crippen LogP contribution in [-0.2, 0) is 19.1 Å². The van der Waals surface area contributed by atoms with Gasteiger partial charge in [0.2, 0.25) is 11.8 Å². The fourth-order valence-electron chi connectivity index (χ4n) is 4.58. The molecule has 0 aromatic carbocycles. The third-order valence-corrected chi connectivity index (χ3v) is 6.38. The van der Waals surface area contributed by atoms with Gasteiger partial charge in [-0.3, -0.25) is 9.59 Å². The van der Waals surface area contributed by atoms with Gasteiger partial charge in [0.15, 0.2) is 0 Å². The lowest BCUT2D eigenvalue weighted by molar-refractivity contribution is -0.145. The first kappa shape index (κ1) is 25.1. The van der Waals surface area contributed by atoms with Gasteiger partial charge < -0.3 is 25.4 Å². The lowest BCUT2D eigenvalue weighted by Gasteiger charge is -2.30. The molecular formula is C23H34BN3O6. The highest BCUT2D eigenvalue weighted by molar-refractivity contribution is 6.13. The molecule has 2 aliphatic heterocycles. The number of nitrogens with one attached hydrogen (secondary N) is 2. The molecule has 2 fully saturated rings. The second kappa shape index (κ2) is 9.77. The number of carboxylic acids is 1. The van der Waals surface area contributed by atoms with Crippen LogP contribution in [0.3, 0.4) is 0 Å². The number of nitrogens with zero attached hydrogens (tertiary/aromatic N) is 1. The molecular weight excluding hydrogens is 425 g/mol. The minimum absolute atomic E-state index is 0.160. The topological polar surface area (TPSA) is 125 Å². The second-order valence-corrected chi connectivity index (χ2v) is 10.3. The van der Waals surface area contributed by atoms with Crippen molar-refractivity contribution in [3.8, 4) is 0 Å². The molecule has 0 aromatic heterocycles. The molecule has 3 amide bonds. The van der Waals surface area contributed by atoms with E-state index in [1.165, 1.54) is 4.90 Å². The summed E-state index contributed by atoms with van der Waals surface area (Å²) in [5, 5.41) is 15.1. The van der Waals surface area contributed by atoms with Crippen molar-refractivity contribution in [3.05, 3.63) is 12.2 Å². The van der Waals surface area contributed by atoms with Crippen LogP contribution in [0.15, 0.2) is 12.2 Å². The Kier molecular flexibility index (Phi) is 7.44. The van der Waals surface area contributed by atoms with Crippen LogP contribution in [0.1, 0.15) is 65.7 Å². The van der Waals surface area contributed by atoms with E-state index in [1.807, 2.05) is 12.2 Å². The molecule has 3 N–H and O–H groups in total. The Morgan fingerprint density at radius 2 is 2.00 bits per heavy atom. The van der Waals surface area contributed by atoms with Crippen molar-refractivity contribution < 1.29 is 29.0 Å². The summed E-state index contributed by atoms with van der Waals surface area (Å²) >= 11 is 0. The summed E-state index contributed by atoms with van der Waals surface area (Å²) < 4.78 is 5.33. The van der Waals surface area contributed by atoms with Gasteiger partial charge in [-0.05, 0) is 52.9 Å². The Bertz CT molecular complexity index is 826. The first-order valence-electron chi connectivity index (χ1n) is 11.7. The van der Waals surface area contributed by atoms with Crippen LogP contribution >= 0.6 is 0 Å². The van der Waals surface area contributed by atoms with Gasteiger partial charge in [-0.15, -0.1) is 0 Å². The average Bonchev–Trinajstić information content (AvgIpc) is 3.25. The van der Waals surface area contributed by atoms with E-state index in [0.717, 1.165) is 19.3 Å². The molecule has 0 bridgehead atoms. The van der Waals surface area contributed by atoms with Gasteiger partial charge in [0.25, 0.3) is 0 Å². The number of rotatable bonds is 2. The zero-order valence-electron chi connectivity index (χ0n) is 19.6. The van der Waals surface area contributed by atoms with Gasteiger partial charge >= 0.3 is 12.1 Å². The predicted molar refractivity (Wildman–Crippen MR) is 122 cm³/mol. The maximum absolute atomic E-state index is 13.5. The van der Waals surface area contributed by atoms with Gasteiger partial charge in [-0.2, -0.15) is 0 Å². The Labute approximate surface area is 196 Å². The van der Waals surface area contributed by atoms with E-state index in [4.69, 9.17) is 12.6 Å². The number of amides is 3. The molecule has 180 valence electrons. The van der Waals surface area contributed by atoms with Crippen LogP contribution in [0.2, 0.25) is 5.82 Å². The summed E-state index contributed by atoms with van der Waals surface area (Å²) in [5.41, 5.74) is -2.06. The van der Waals surface area contributed by atoms with Gasteiger partial charge in [-0.25, -0.2) is 9.59 Å². The van der Waals surface area contributed by atoms with Crippen molar-refractivity contribution >= 4 is 31.7 Å². The van der Waals surface area contributed by atoms with Crippen molar-refractivity contribution in [3.63, 3.8) is 0 Å². The van der Waals surface area contributed by atoms with E-state index < -0.39 is 52.9 Å². The number of fused-ring (bicyclic) bond motifs is 2. The fraction of sp³-hybridized carbons (Fsp3) is 0.739. The maximum Gasteiger partial charge on any atom is 0.408 e. The van der Waals surface area contributed by atoms with E-state index in [1.54, 1.807) is 20.8 Å². The van der Waals surface area contributed by atoms with Crippen molar-refractivity contribution in [2.24, 2.45) is 5.92 Å². The van der Waals surface area contributed by atoms with Gasteiger partial charge in [-0.1, -0.05) is 30.8 Å². The van der Waals surface area contributed by atoms with Crippen LogP contribution in [0.5, 0.6) is 0 Å². The average molecular weight is 459 g/mol. The number of ether oxygens (including phenoxy) is 1.